The summed E-state index contributed by atoms with van der Waals surface area (Å²) in [4.78, 5) is 0. The molecule has 0 saturated carbocycles. The fourth-order valence-electron chi connectivity index (χ4n) is 0.573. The lowest BCUT2D eigenvalue weighted by Gasteiger charge is -1.99. The third kappa shape index (κ3) is 2.71. The van der Waals surface area contributed by atoms with Crippen LogP contribution in [0.1, 0.15) is 13.8 Å². The molecule has 0 amide bonds. The molecule has 3 N–H and O–H groups in total. The van der Waals surface area contributed by atoms with E-state index in [2.05, 4.69) is 0 Å². The van der Waals surface area contributed by atoms with Gasteiger partial charge in [0.25, 0.3) is 0 Å². The van der Waals surface area contributed by atoms with Gasteiger partial charge < -0.3 is 15.2 Å². The summed E-state index contributed by atoms with van der Waals surface area (Å²) < 4.78 is 0. The lowest BCUT2D eigenvalue weighted by Crippen LogP contribution is -2.15. The minimum absolute atomic E-state index is 0.0758. The molecule has 0 bridgehead atoms. The van der Waals surface area contributed by atoms with Crippen LogP contribution in [0.4, 0.5) is 0 Å². The maximum Gasteiger partial charge on any atom is 0.491 e. The van der Waals surface area contributed by atoms with Crippen LogP contribution >= 0.6 is 0 Å². The second-order valence-electron chi connectivity index (χ2n) is 1.91. The topological polar surface area (TPSA) is 60.7 Å². The summed E-state index contributed by atoms with van der Waals surface area (Å²) >= 11 is 0. The summed E-state index contributed by atoms with van der Waals surface area (Å²) in [5, 5.41) is 26.0. The van der Waals surface area contributed by atoms with Crippen molar-refractivity contribution in [1.82, 2.24) is 0 Å². The van der Waals surface area contributed by atoms with Gasteiger partial charge >= 0.3 is 7.12 Å². The van der Waals surface area contributed by atoms with Crippen LogP contribution in [0.3, 0.4) is 0 Å². The molecule has 0 aromatic heterocycles. The van der Waals surface area contributed by atoms with Crippen molar-refractivity contribution in [2.24, 2.45) is 0 Å². The first-order valence-corrected chi connectivity index (χ1v) is 2.98. The highest BCUT2D eigenvalue weighted by atomic mass is 16.4. The van der Waals surface area contributed by atoms with Gasteiger partial charge in [-0.15, -0.1) is 0 Å². The zero-order valence-corrected chi connectivity index (χ0v) is 6.07. The minimum Gasteiger partial charge on any atom is -0.513 e. The van der Waals surface area contributed by atoms with E-state index in [1.54, 1.807) is 13.0 Å². The molecule has 0 unspecified atom stereocenters. The molecule has 0 aliphatic rings. The highest BCUT2D eigenvalue weighted by Crippen LogP contribution is 2.03. The summed E-state index contributed by atoms with van der Waals surface area (Å²) in [5.41, 5.74) is 0.127. The number of aliphatic hydroxyl groups is 1. The SMILES string of the molecule is C/C=C\C(B(O)O)=C(/C)O. The van der Waals surface area contributed by atoms with Gasteiger partial charge in [-0.05, 0) is 13.8 Å². The predicted molar refractivity (Wildman–Crippen MR) is 40.3 cm³/mol. The molecule has 10 heavy (non-hydrogen) atoms. The molecule has 0 aliphatic heterocycles. The van der Waals surface area contributed by atoms with Crippen LogP contribution in [0, 0.1) is 0 Å². The average molecular weight is 142 g/mol. The van der Waals surface area contributed by atoms with Crippen molar-refractivity contribution in [3.05, 3.63) is 23.4 Å². The van der Waals surface area contributed by atoms with Crippen molar-refractivity contribution in [3.63, 3.8) is 0 Å². The van der Waals surface area contributed by atoms with E-state index in [9.17, 15) is 0 Å². The molecule has 0 heterocycles. The van der Waals surface area contributed by atoms with Gasteiger partial charge in [0.05, 0.1) is 5.76 Å². The van der Waals surface area contributed by atoms with Crippen molar-refractivity contribution in [2.75, 3.05) is 0 Å². The maximum atomic E-state index is 8.82. The fraction of sp³-hybridized carbons (Fsp3) is 0.333. The molecule has 0 atom stereocenters. The van der Waals surface area contributed by atoms with Crippen molar-refractivity contribution in [1.29, 1.82) is 0 Å². The molecular formula is C6H11BO3. The van der Waals surface area contributed by atoms with Crippen molar-refractivity contribution >= 4 is 7.12 Å². The molecular weight excluding hydrogens is 131 g/mol. The molecule has 0 aromatic carbocycles. The lowest BCUT2D eigenvalue weighted by atomic mass is 9.78. The van der Waals surface area contributed by atoms with Crippen LogP contribution in [0.2, 0.25) is 0 Å². The Labute approximate surface area is 60.5 Å². The molecule has 0 saturated heterocycles. The number of allylic oxidation sites excluding steroid dienone is 4. The lowest BCUT2D eigenvalue weighted by molar-refractivity contribution is 0.392. The van der Waals surface area contributed by atoms with E-state index in [4.69, 9.17) is 15.2 Å². The van der Waals surface area contributed by atoms with Crippen LogP contribution in [0.5, 0.6) is 0 Å². The second-order valence-corrected chi connectivity index (χ2v) is 1.91. The van der Waals surface area contributed by atoms with Gasteiger partial charge in [0.15, 0.2) is 0 Å². The van der Waals surface area contributed by atoms with Gasteiger partial charge in [0.1, 0.15) is 0 Å². The molecule has 4 heteroatoms. The molecule has 3 nitrogen and oxygen atoms in total. The van der Waals surface area contributed by atoms with Gasteiger partial charge in [0.2, 0.25) is 0 Å². The van der Waals surface area contributed by atoms with E-state index in [-0.39, 0.29) is 11.2 Å². The number of hydrogen-bond acceptors (Lipinski definition) is 3. The van der Waals surface area contributed by atoms with Gasteiger partial charge in [-0.25, -0.2) is 0 Å². The van der Waals surface area contributed by atoms with E-state index >= 15 is 0 Å². The molecule has 0 rings (SSSR count). The van der Waals surface area contributed by atoms with Crippen LogP contribution in [-0.4, -0.2) is 22.3 Å². The van der Waals surface area contributed by atoms with Crippen LogP contribution in [0.15, 0.2) is 23.4 Å². The molecule has 0 aliphatic carbocycles. The Bertz CT molecular complexity index is 156. The Morgan fingerprint density at radius 1 is 1.40 bits per heavy atom. The zero-order valence-electron chi connectivity index (χ0n) is 6.07. The van der Waals surface area contributed by atoms with E-state index in [0.717, 1.165) is 0 Å². The van der Waals surface area contributed by atoms with E-state index in [1.807, 2.05) is 0 Å². The fourth-order valence-corrected chi connectivity index (χ4v) is 0.573. The molecule has 0 spiro atoms. The zero-order chi connectivity index (χ0) is 8.15. The maximum absolute atomic E-state index is 8.82. The minimum atomic E-state index is -1.60. The van der Waals surface area contributed by atoms with E-state index in [0.29, 0.717) is 0 Å². The Morgan fingerprint density at radius 3 is 2.00 bits per heavy atom. The molecule has 0 aromatic rings. The summed E-state index contributed by atoms with van der Waals surface area (Å²) in [6.45, 7) is 3.13. The largest absolute Gasteiger partial charge is 0.513 e. The Morgan fingerprint density at radius 2 is 1.90 bits per heavy atom. The van der Waals surface area contributed by atoms with E-state index < -0.39 is 7.12 Å². The first kappa shape index (κ1) is 9.26. The summed E-state index contributed by atoms with van der Waals surface area (Å²) in [5.74, 6) is -0.0758. The predicted octanol–water partition coefficient (Wildman–Crippen LogP) is 0.407. The smallest absolute Gasteiger partial charge is 0.491 e. The van der Waals surface area contributed by atoms with Crippen molar-refractivity contribution < 1.29 is 15.2 Å². The average Bonchev–Trinajstić information content (AvgIpc) is 1.81. The van der Waals surface area contributed by atoms with Gasteiger partial charge in [-0.3, -0.25) is 0 Å². The van der Waals surface area contributed by atoms with E-state index in [1.165, 1.54) is 13.0 Å². The normalized spacial score (nSPS) is 13.6. The van der Waals surface area contributed by atoms with Crippen LogP contribution in [-0.2, 0) is 0 Å². The summed E-state index contributed by atoms with van der Waals surface area (Å²) in [6, 6.07) is 0. The number of aliphatic hydroxyl groups excluding tert-OH is 1. The van der Waals surface area contributed by atoms with Crippen molar-refractivity contribution in [3.8, 4) is 0 Å². The second kappa shape index (κ2) is 4.14. The molecule has 0 radical (unpaired) electrons. The Hall–Kier alpha value is -0.735. The number of hydrogen-bond donors (Lipinski definition) is 3. The standard InChI is InChI=1S/C6H11BO3/c1-3-4-6(5(2)8)7(9)10/h3-4,8-10H,1-2H3/b4-3-,6-5-. The highest BCUT2D eigenvalue weighted by Gasteiger charge is 2.13. The van der Waals surface area contributed by atoms with Gasteiger partial charge in [-0.2, -0.15) is 0 Å². The Kier molecular flexibility index (Phi) is 3.84. The van der Waals surface area contributed by atoms with Crippen LogP contribution in [0.25, 0.3) is 0 Å². The van der Waals surface area contributed by atoms with Crippen LogP contribution < -0.4 is 0 Å². The monoisotopic (exact) mass is 142 g/mol. The first-order chi connectivity index (χ1) is 4.59. The number of rotatable bonds is 2. The Balaban J connectivity index is 4.44. The van der Waals surface area contributed by atoms with Crippen molar-refractivity contribution in [2.45, 2.75) is 13.8 Å². The quantitative estimate of drug-likeness (QED) is 0.297. The highest BCUT2D eigenvalue weighted by molar-refractivity contribution is 6.51. The molecule has 0 fully saturated rings. The van der Waals surface area contributed by atoms with Gasteiger partial charge in [0, 0.05) is 5.47 Å². The summed E-state index contributed by atoms with van der Waals surface area (Å²) in [6.07, 6.45) is 3.06. The van der Waals surface area contributed by atoms with Gasteiger partial charge in [-0.1, -0.05) is 12.2 Å². The summed E-state index contributed by atoms with van der Waals surface area (Å²) in [7, 11) is -1.60. The third-order valence-corrected chi connectivity index (χ3v) is 1.04. The first-order valence-electron chi connectivity index (χ1n) is 2.98. The third-order valence-electron chi connectivity index (χ3n) is 1.04. The molecule has 56 valence electrons.